The lowest BCUT2D eigenvalue weighted by atomic mass is 9.64. The third kappa shape index (κ3) is 3.54. The van der Waals surface area contributed by atoms with Crippen LogP contribution in [0.5, 0.6) is 5.75 Å². The van der Waals surface area contributed by atoms with Crippen LogP contribution in [-0.2, 0) is 5.60 Å². The minimum Gasteiger partial charge on any atom is -0.491 e. The van der Waals surface area contributed by atoms with Crippen molar-refractivity contribution in [2.75, 3.05) is 0 Å². The Labute approximate surface area is 123 Å². The quantitative estimate of drug-likeness (QED) is 0.880. The Balaban J connectivity index is 2.21. The fourth-order valence-electron chi connectivity index (χ4n) is 3.86. The van der Waals surface area contributed by atoms with Crippen LogP contribution in [0.1, 0.15) is 59.4 Å². The molecule has 1 N–H and O–H groups in total. The van der Waals surface area contributed by atoms with E-state index in [4.69, 9.17) is 4.74 Å². The maximum absolute atomic E-state index is 11.1. The van der Waals surface area contributed by atoms with Crippen LogP contribution in [0.2, 0.25) is 0 Å². The van der Waals surface area contributed by atoms with Crippen LogP contribution in [0, 0.1) is 11.3 Å². The standard InChI is InChI=1S/C18H28O2/c1-13(2)20-16-8-6-15(7-9-16)18(19)11-14(3)10-17(4,5)12-18/h6-9,13-14,19H,10-12H2,1-5H3. The maximum atomic E-state index is 11.1. The molecule has 1 aliphatic rings. The first-order valence-corrected chi connectivity index (χ1v) is 7.70. The van der Waals surface area contributed by atoms with E-state index in [1.165, 1.54) is 6.42 Å². The van der Waals surface area contributed by atoms with E-state index in [0.29, 0.717) is 5.92 Å². The van der Waals surface area contributed by atoms with Crippen molar-refractivity contribution in [1.82, 2.24) is 0 Å². The normalized spacial score (nSPS) is 29.4. The highest BCUT2D eigenvalue weighted by Gasteiger charge is 2.42. The zero-order valence-corrected chi connectivity index (χ0v) is 13.4. The molecule has 1 aliphatic carbocycles. The Morgan fingerprint density at radius 3 is 2.25 bits per heavy atom. The first-order valence-electron chi connectivity index (χ1n) is 7.70. The maximum Gasteiger partial charge on any atom is 0.119 e. The third-order valence-electron chi connectivity index (χ3n) is 4.12. The van der Waals surface area contributed by atoms with Gasteiger partial charge in [0.2, 0.25) is 0 Å². The molecule has 2 nitrogen and oxygen atoms in total. The lowest BCUT2D eigenvalue weighted by Gasteiger charge is -2.45. The van der Waals surface area contributed by atoms with E-state index in [-0.39, 0.29) is 11.5 Å². The van der Waals surface area contributed by atoms with Gasteiger partial charge >= 0.3 is 0 Å². The van der Waals surface area contributed by atoms with E-state index in [1.807, 2.05) is 38.1 Å². The molecule has 0 saturated heterocycles. The largest absolute Gasteiger partial charge is 0.491 e. The molecule has 2 heteroatoms. The van der Waals surface area contributed by atoms with Gasteiger partial charge < -0.3 is 9.84 Å². The molecule has 1 saturated carbocycles. The summed E-state index contributed by atoms with van der Waals surface area (Å²) in [6, 6.07) is 7.98. The molecule has 1 aromatic rings. The highest BCUT2D eigenvalue weighted by Crippen LogP contribution is 2.48. The number of ether oxygens (including phenoxy) is 1. The van der Waals surface area contributed by atoms with Gasteiger partial charge in [0.15, 0.2) is 0 Å². The molecule has 0 aromatic heterocycles. The number of aliphatic hydroxyl groups is 1. The molecular formula is C18H28O2. The second-order valence-corrected chi connectivity index (χ2v) is 7.58. The SMILES string of the molecule is CC1CC(C)(C)CC(O)(c2ccc(OC(C)C)cc2)C1. The van der Waals surface area contributed by atoms with E-state index < -0.39 is 5.60 Å². The van der Waals surface area contributed by atoms with Crippen LogP contribution >= 0.6 is 0 Å². The van der Waals surface area contributed by atoms with E-state index in [0.717, 1.165) is 24.2 Å². The van der Waals surface area contributed by atoms with Crippen molar-refractivity contribution < 1.29 is 9.84 Å². The molecular weight excluding hydrogens is 248 g/mol. The summed E-state index contributed by atoms with van der Waals surface area (Å²) in [7, 11) is 0. The summed E-state index contributed by atoms with van der Waals surface area (Å²) >= 11 is 0. The topological polar surface area (TPSA) is 29.5 Å². The number of rotatable bonds is 3. The first kappa shape index (κ1) is 15.4. The summed E-state index contributed by atoms with van der Waals surface area (Å²) in [6.45, 7) is 10.8. The Morgan fingerprint density at radius 1 is 1.15 bits per heavy atom. The zero-order chi connectivity index (χ0) is 15.0. The number of hydrogen-bond acceptors (Lipinski definition) is 2. The molecule has 0 heterocycles. The molecule has 0 spiro atoms. The molecule has 2 unspecified atom stereocenters. The monoisotopic (exact) mass is 276 g/mol. The zero-order valence-electron chi connectivity index (χ0n) is 13.4. The molecule has 1 aromatic carbocycles. The first-order chi connectivity index (χ1) is 9.20. The summed E-state index contributed by atoms with van der Waals surface area (Å²) in [5.41, 5.74) is 0.519. The smallest absolute Gasteiger partial charge is 0.119 e. The summed E-state index contributed by atoms with van der Waals surface area (Å²) in [5, 5.41) is 11.1. The van der Waals surface area contributed by atoms with Gasteiger partial charge in [-0.1, -0.05) is 32.9 Å². The van der Waals surface area contributed by atoms with Crippen LogP contribution in [0.3, 0.4) is 0 Å². The summed E-state index contributed by atoms with van der Waals surface area (Å²) in [6.07, 6.45) is 3.04. The van der Waals surface area contributed by atoms with Crippen molar-refractivity contribution in [1.29, 1.82) is 0 Å². The van der Waals surface area contributed by atoms with Gasteiger partial charge in [-0.25, -0.2) is 0 Å². The molecule has 20 heavy (non-hydrogen) atoms. The predicted octanol–water partition coefficient (Wildman–Crippen LogP) is 4.51. The molecule has 0 amide bonds. The average molecular weight is 276 g/mol. The van der Waals surface area contributed by atoms with Crippen LogP contribution in [0.15, 0.2) is 24.3 Å². The Kier molecular flexibility index (Phi) is 4.15. The second-order valence-electron chi connectivity index (χ2n) is 7.58. The van der Waals surface area contributed by atoms with Crippen molar-refractivity contribution in [2.45, 2.75) is 65.6 Å². The molecule has 2 atom stereocenters. The molecule has 1 fully saturated rings. The van der Waals surface area contributed by atoms with Crippen molar-refractivity contribution in [2.24, 2.45) is 11.3 Å². The van der Waals surface area contributed by atoms with Gasteiger partial charge in [0.05, 0.1) is 11.7 Å². The fourth-order valence-corrected chi connectivity index (χ4v) is 3.86. The lowest BCUT2D eigenvalue weighted by molar-refractivity contribution is -0.0635. The number of hydrogen-bond donors (Lipinski definition) is 1. The van der Waals surface area contributed by atoms with Crippen LogP contribution in [0.25, 0.3) is 0 Å². The van der Waals surface area contributed by atoms with Crippen molar-refractivity contribution in [3.63, 3.8) is 0 Å². The van der Waals surface area contributed by atoms with E-state index in [9.17, 15) is 5.11 Å². The minimum atomic E-state index is -0.697. The van der Waals surface area contributed by atoms with Gasteiger partial charge in [0.25, 0.3) is 0 Å². The lowest BCUT2D eigenvalue weighted by Crippen LogP contribution is -2.39. The van der Waals surface area contributed by atoms with Gasteiger partial charge in [-0.2, -0.15) is 0 Å². The highest BCUT2D eigenvalue weighted by molar-refractivity contribution is 5.31. The molecule has 2 rings (SSSR count). The van der Waals surface area contributed by atoms with Gasteiger partial charge in [-0.05, 0) is 62.1 Å². The minimum absolute atomic E-state index is 0.178. The average Bonchev–Trinajstić information content (AvgIpc) is 2.25. The Bertz CT molecular complexity index is 447. The van der Waals surface area contributed by atoms with Crippen molar-refractivity contribution in [3.05, 3.63) is 29.8 Å². The molecule has 112 valence electrons. The predicted molar refractivity (Wildman–Crippen MR) is 82.9 cm³/mol. The van der Waals surface area contributed by atoms with Gasteiger partial charge in [-0.3, -0.25) is 0 Å². The van der Waals surface area contributed by atoms with Gasteiger partial charge in [-0.15, -0.1) is 0 Å². The van der Waals surface area contributed by atoms with Crippen LogP contribution < -0.4 is 4.74 Å². The van der Waals surface area contributed by atoms with Crippen LogP contribution in [-0.4, -0.2) is 11.2 Å². The molecule has 0 radical (unpaired) electrons. The Hall–Kier alpha value is -1.02. The van der Waals surface area contributed by atoms with Crippen molar-refractivity contribution in [3.8, 4) is 5.75 Å². The fraction of sp³-hybridized carbons (Fsp3) is 0.667. The molecule has 0 bridgehead atoms. The Morgan fingerprint density at radius 2 is 1.75 bits per heavy atom. The van der Waals surface area contributed by atoms with E-state index in [1.54, 1.807) is 0 Å². The van der Waals surface area contributed by atoms with Crippen LogP contribution in [0.4, 0.5) is 0 Å². The summed E-state index contributed by atoms with van der Waals surface area (Å²) in [5.74, 6) is 1.42. The number of benzene rings is 1. The van der Waals surface area contributed by atoms with Gasteiger partial charge in [0, 0.05) is 0 Å². The summed E-state index contributed by atoms with van der Waals surface area (Å²) < 4.78 is 5.67. The van der Waals surface area contributed by atoms with E-state index >= 15 is 0 Å². The van der Waals surface area contributed by atoms with E-state index in [2.05, 4.69) is 20.8 Å². The summed E-state index contributed by atoms with van der Waals surface area (Å²) in [4.78, 5) is 0. The highest BCUT2D eigenvalue weighted by atomic mass is 16.5. The second kappa shape index (κ2) is 5.40. The van der Waals surface area contributed by atoms with Gasteiger partial charge in [0.1, 0.15) is 5.75 Å². The van der Waals surface area contributed by atoms with Crippen molar-refractivity contribution >= 4 is 0 Å². The molecule has 0 aliphatic heterocycles. The third-order valence-corrected chi connectivity index (χ3v) is 4.12.